The minimum absolute atomic E-state index is 0.0821. The molecule has 0 unspecified atom stereocenters. The highest BCUT2D eigenvalue weighted by Gasteiger charge is 2.44. The van der Waals surface area contributed by atoms with Gasteiger partial charge in [-0.05, 0) is 30.2 Å². The maximum absolute atomic E-state index is 12.7. The number of esters is 1. The lowest BCUT2D eigenvalue weighted by molar-refractivity contribution is -0.151. The third-order valence-electron chi connectivity index (χ3n) is 4.36. The minimum Gasteiger partial charge on any atom is -0.459 e. The lowest BCUT2D eigenvalue weighted by atomic mass is 10.0. The highest BCUT2D eigenvalue weighted by atomic mass is 35.5. The fraction of sp³-hybridized carbons (Fsp3) is 0.250. The molecule has 0 aliphatic carbocycles. The molecule has 1 atom stereocenters. The zero-order valence-electron chi connectivity index (χ0n) is 14.7. The Morgan fingerprint density at radius 2 is 1.63 bits per heavy atom. The first-order valence-electron chi connectivity index (χ1n) is 8.38. The molecule has 1 heterocycles. The number of hydrogen-bond acceptors (Lipinski definition) is 4. The summed E-state index contributed by atoms with van der Waals surface area (Å²) in [6.07, 6.45) is 0. The predicted molar refractivity (Wildman–Crippen MR) is 102 cm³/mol. The van der Waals surface area contributed by atoms with E-state index in [9.17, 15) is 14.4 Å². The number of benzene rings is 2. The molecule has 140 valence electrons. The van der Waals surface area contributed by atoms with Crippen LogP contribution in [-0.4, -0.2) is 28.7 Å². The molecule has 0 saturated heterocycles. The average Bonchev–Trinajstić information content (AvgIpc) is 2.86. The summed E-state index contributed by atoms with van der Waals surface area (Å²) in [5.41, 5.74) is 1.17. The Morgan fingerprint density at radius 1 is 1.04 bits per heavy atom. The van der Waals surface area contributed by atoms with Gasteiger partial charge in [-0.2, -0.15) is 0 Å². The van der Waals surface area contributed by atoms with E-state index < -0.39 is 23.8 Å². The third-order valence-corrected chi connectivity index (χ3v) is 4.95. The molecule has 5 nitrogen and oxygen atoms in total. The minimum atomic E-state index is -1.02. The number of carbonyl (C=O) groups excluding carboxylic acids is 3. The number of ether oxygens (including phenoxy) is 1. The Labute approximate surface area is 166 Å². The van der Waals surface area contributed by atoms with Crippen molar-refractivity contribution in [2.24, 2.45) is 5.92 Å². The number of rotatable bonds is 5. The van der Waals surface area contributed by atoms with Gasteiger partial charge in [0.05, 0.1) is 11.1 Å². The molecular weight excluding hydrogens is 389 g/mol. The molecule has 0 radical (unpaired) electrons. The van der Waals surface area contributed by atoms with Crippen molar-refractivity contribution >= 4 is 41.0 Å². The van der Waals surface area contributed by atoms with Crippen molar-refractivity contribution < 1.29 is 19.1 Å². The lowest BCUT2D eigenvalue weighted by Gasteiger charge is -2.27. The Morgan fingerprint density at radius 3 is 2.15 bits per heavy atom. The summed E-state index contributed by atoms with van der Waals surface area (Å²) in [6, 6.07) is 10.3. The van der Waals surface area contributed by atoms with Gasteiger partial charge in [0, 0.05) is 15.6 Å². The predicted octanol–water partition coefficient (Wildman–Crippen LogP) is 4.36. The van der Waals surface area contributed by atoms with Crippen LogP contribution < -0.4 is 0 Å². The van der Waals surface area contributed by atoms with Gasteiger partial charge in [-0.15, -0.1) is 0 Å². The summed E-state index contributed by atoms with van der Waals surface area (Å²) in [4.78, 5) is 39.1. The fourth-order valence-corrected chi connectivity index (χ4v) is 3.47. The van der Waals surface area contributed by atoms with Gasteiger partial charge in [-0.25, -0.2) is 4.79 Å². The Bertz CT molecular complexity index is 891. The first kappa shape index (κ1) is 19.4. The second-order valence-electron chi connectivity index (χ2n) is 6.56. The lowest BCUT2D eigenvalue weighted by Crippen LogP contribution is -2.48. The summed E-state index contributed by atoms with van der Waals surface area (Å²) in [5, 5.41) is 0.846. The van der Waals surface area contributed by atoms with Gasteiger partial charge in [-0.3, -0.25) is 14.5 Å². The summed E-state index contributed by atoms with van der Waals surface area (Å²) >= 11 is 12.0. The number of amides is 2. The molecule has 0 aromatic heterocycles. The van der Waals surface area contributed by atoms with Gasteiger partial charge in [0.1, 0.15) is 12.6 Å². The quantitative estimate of drug-likeness (QED) is 0.547. The molecule has 1 aliphatic heterocycles. The van der Waals surface area contributed by atoms with Gasteiger partial charge >= 0.3 is 5.97 Å². The van der Waals surface area contributed by atoms with Crippen LogP contribution in [0.3, 0.4) is 0 Å². The maximum atomic E-state index is 12.7. The zero-order chi connectivity index (χ0) is 19.7. The Kier molecular flexibility index (Phi) is 5.53. The second-order valence-corrected chi connectivity index (χ2v) is 7.40. The van der Waals surface area contributed by atoms with Crippen molar-refractivity contribution in [2.75, 3.05) is 0 Å². The van der Waals surface area contributed by atoms with Gasteiger partial charge in [0.15, 0.2) is 0 Å². The van der Waals surface area contributed by atoms with Gasteiger partial charge in [-0.1, -0.05) is 55.2 Å². The summed E-state index contributed by atoms with van der Waals surface area (Å²) < 4.78 is 5.37. The van der Waals surface area contributed by atoms with Crippen LogP contribution in [0.4, 0.5) is 0 Å². The van der Waals surface area contributed by atoms with Crippen LogP contribution in [0.25, 0.3) is 0 Å². The highest BCUT2D eigenvalue weighted by Crippen LogP contribution is 2.28. The summed E-state index contributed by atoms with van der Waals surface area (Å²) in [5.74, 6) is -1.96. The number of halogens is 2. The van der Waals surface area contributed by atoms with E-state index in [4.69, 9.17) is 27.9 Å². The van der Waals surface area contributed by atoms with E-state index in [-0.39, 0.29) is 12.5 Å². The summed E-state index contributed by atoms with van der Waals surface area (Å²) in [6.45, 7) is 3.43. The van der Waals surface area contributed by atoms with Crippen LogP contribution in [0.15, 0.2) is 42.5 Å². The second kappa shape index (κ2) is 7.71. The molecule has 27 heavy (non-hydrogen) atoms. The molecule has 2 aromatic carbocycles. The first-order chi connectivity index (χ1) is 12.8. The monoisotopic (exact) mass is 405 g/mol. The van der Waals surface area contributed by atoms with Crippen molar-refractivity contribution in [3.63, 3.8) is 0 Å². The molecule has 0 saturated carbocycles. The van der Waals surface area contributed by atoms with Crippen LogP contribution in [0, 0.1) is 5.92 Å². The van der Waals surface area contributed by atoms with E-state index in [0.717, 1.165) is 4.90 Å². The molecule has 1 aliphatic rings. The normalized spacial score (nSPS) is 14.5. The fourth-order valence-electron chi connectivity index (χ4n) is 3.01. The molecule has 0 N–H and O–H groups in total. The van der Waals surface area contributed by atoms with Crippen molar-refractivity contribution in [3.8, 4) is 0 Å². The SMILES string of the molecule is CC(C)[C@H](C(=O)OCc1ccc(Cl)cc1Cl)N1C(=O)c2ccccc2C1=O. The van der Waals surface area contributed by atoms with E-state index in [1.54, 1.807) is 56.3 Å². The third kappa shape index (κ3) is 3.70. The van der Waals surface area contributed by atoms with Gasteiger partial charge < -0.3 is 4.74 Å². The molecular formula is C20H17Cl2NO4. The smallest absolute Gasteiger partial charge is 0.329 e. The van der Waals surface area contributed by atoms with E-state index in [1.165, 1.54) is 0 Å². The average molecular weight is 406 g/mol. The van der Waals surface area contributed by atoms with Crippen LogP contribution in [-0.2, 0) is 16.1 Å². The topological polar surface area (TPSA) is 63.7 Å². The molecule has 2 amide bonds. The standard InChI is InChI=1S/C20H17Cl2NO4/c1-11(2)17(20(26)27-10-12-7-8-13(21)9-16(12)22)23-18(24)14-5-3-4-6-15(14)19(23)25/h3-9,11,17H,10H2,1-2H3/t17-/m1/s1. The number of carbonyl (C=O) groups is 3. The van der Waals surface area contributed by atoms with Crippen molar-refractivity contribution in [3.05, 3.63) is 69.2 Å². The van der Waals surface area contributed by atoms with Gasteiger partial charge in [0.2, 0.25) is 0 Å². The molecule has 2 aromatic rings. The van der Waals surface area contributed by atoms with Crippen LogP contribution in [0.2, 0.25) is 10.0 Å². The van der Waals surface area contributed by atoms with Crippen molar-refractivity contribution in [1.29, 1.82) is 0 Å². The zero-order valence-corrected chi connectivity index (χ0v) is 16.3. The molecule has 0 spiro atoms. The first-order valence-corrected chi connectivity index (χ1v) is 9.14. The van der Waals surface area contributed by atoms with Crippen molar-refractivity contribution in [1.82, 2.24) is 4.90 Å². The van der Waals surface area contributed by atoms with Gasteiger partial charge in [0.25, 0.3) is 11.8 Å². The number of imide groups is 1. The van der Waals surface area contributed by atoms with E-state index in [0.29, 0.717) is 26.7 Å². The Balaban J connectivity index is 1.81. The molecule has 3 rings (SSSR count). The van der Waals surface area contributed by atoms with E-state index >= 15 is 0 Å². The number of hydrogen-bond donors (Lipinski definition) is 0. The summed E-state index contributed by atoms with van der Waals surface area (Å²) in [7, 11) is 0. The largest absolute Gasteiger partial charge is 0.459 e. The van der Waals surface area contributed by atoms with E-state index in [1.807, 2.05) is 0 Å². The highest BCUT2D eigenvalue weighted by molar-refractivity contribution is 6.35. The van der Waals surface area contributed by atoms with Crippen LogP contribution >= 0.6 is 23.2 Å². The van der Waals surface area contributed by atoms with Crippen molar-refractivity contribution in [2.45, 2.75) is 26.5 Å². The Hall–Kier alpha value is -2.37. The maximum Gasteiger partial charge on any atom is 0.329 e. The number of fused-ring (bicyclic) bond motifs is 1. The number of nitrogens with zero attached hydrogens (tertiary/aromatic N) is 1. The van der Waals surface area contributed by atoms with Crippen LogP contribution in [0.5, 0.6) is 0 Å². The molecule has 0 fully saturated rings. The van der Waals surface area contributed by atoms with Crippen LogP contribution in [0.1, 0.15) is 40.1 Å². The van der Waals surface area contributed by atoms with E-state index in [2.05, 4.69) is 0 Å². The molecule has 0 bridgehead atoms. The molecule has 7 heteroatoms.